The van der Waals surface area contributed by atoms with Crippen LogP contribution in [0.25, 0.3) is 10.4 Å². The Kier molecular flexibility index (Phi) is 3.93. The fourth-order valence-corrected chi connectivity index (χ4v) is 0.938. The third-order valence-corrected chi connectivity index (χ3v) is 1.61. The molecule has 1 aromatic rings. The molecule has 7 nitrogen and oxygen atoms in total. The first-order valence-corrected chi connectivity index (χ1v) is 4.17. The van der Waals surface area contributed by atoms with Gasteiger partial charge in [0.15, 0.2) is 0 Å². The minimum atomic E-state index is -0.428. The Bertz CT molecular complexity index is 400. The van der Waals surface area contributed by atoms with Crippen LogP contribution in [0.3, 0.4) is 0 Å². The van der Waals surface area contributed by atoms with Crippen molar-refractivity contribution >= 4 is 5.91 Å². The normalized spacial score (nSPS) is 9.07. The van der Waals surface area contributed by atoms with Crippen molar-refractivity contribution in [2.45, 2.75) is 0 Å². The lowest BCUT2D eigenvalue weighted by Crippen LogP contribution is -2.25. The van der Waals surface area contributed by atoms with E-state index >= 15 is 0 Å². The monoisotopic (exact) mass is 207 g/mol. The van der Waals surface area contributed by atoms with E-state index in [0.717, 1.165) is 0 Å². The van der Waals surface area contributed by atoms with Crippen LogP contribution in [-0.4, -0.2) is 29.1 Å². The van der Waals surface area contributed by atoms with Gasteiger partial charge >= 0.3 is 0 Å². The molecule has 0 aromatic carbocycles. The molecule has 78 valence electrons. The van der Waals surface area contributed by atoms with Crippen molar-refractivity contribution < 1.29 is 9.90 Å². The predicted molar refractivity (Wildman–Crippen MR) is 52.2 cm³/mol. The first-order chi connectivity index (χ1) is 7.25. The molecule has 1 amide bonds. The van der Waals surface area contributed by atoms with E-state index in [0.29, 0.717) is 0 Å². The number of carbonyl (C=O) groups excluding carboxylic acids is 1. The van der Waals surface area contributed by atoms with Gasteiger partial charge in [0.1, 0.15) is 5.75 Å². The summed E-state index contributed by atoms with van der Waals surface area (Å²) in [6.07, 6.45) is 2.59. The van der Waals surface area contributed by atoms with Gasteiger partial charge in [-0.1, -0.05) is 5.11 Å². The molecule has 1 heterocycles. The molecule has 2 N–H and O–H groups in total. The Morgan fingerprint density at radius 1 is 1.73 bits per heavy atom. The molecule has 0 spiro atoms. The van der Waals surface area contributed by atoms with Gasteiger partial charge in [-0.3, -0.25) is 9.78 Å². The van der Waals surface area contributed by atoms with Gasteiger partial charge in [-0.2, -0.15) is 0 Å². The predicted octanol–water partition coefficient (Wildman–Crippen LogP) is 0.827. The molecule has 0 aliphatic rings. The number of nitrogens with one attached hydrogen (secondary N) is 1. The lowest BCUT2D eigenvalue weighted by atomic mass is 10.2. The first-order valence-electron chi connectivity index (χ1n) is 4.17. The van der Waals surface area contributed by atoms with E-state index < -0.39 is 5.91 Å². The molecule has 0 atom stereocenters. The van der Waals surface area contributed by atoms with Crippen LogP contribution in [0.4, 0.5) is 0 Å². The molecular weight excluding hydrogens is 198 g/mol. The van der Waals surface area contributed by atoms with Gasteiger partial charge < -0.3 is 10.4 Å². The number of hydrogen-bond donors (Lipinski definition) is 2. The second-order valence-corrected chi connectivity index (χ2v) is 2.60. The lowest BCUT2D eigenvalue weighted by Gasteiger charge is -2.03. The Morgan fingerprint density at radius 2 is 2.53 bits per heavy atom. The summed E-state index contributed by atoms with van der Waals surface area (Å²) in [6.45, 7) is 0.402. The molecule has 7 heteroatoms. The largest absolute Gasteiger partial charge is 0.505 e. The van der Waals surface area contributed by atoms with Crippen molar-refractivity contribution in [3.05, 3.63) is 34.5 Å². The average molecular weight is 207 g/mol. The molecule has 15 heavy (non-hydrogen) atoms. The van der Waals surface area contributed by atoms with Crippen molar-refractivity contribution in [1.29, 1.82) is 0 Å². The van der Waals surface area contributed by atoms with E-state index in [1.54, 1.807) is 0 Å². The van der Waals surface area contributed by atoms with Gasteiger partial charge in [-0.15, -0.1) is 0 Å². The zero-order valence-electron chi connectivity index (χ0n) is 7.79. The number of hydrogen-bond acceptors (Lipinski definition) is 4. The van der Waals surface area contributed by atoms with Gasteiger partial charge in [-0.25, -0.2) is 0 Å². The molecule has 1 aromatic heterocycles. The number of carbonyl (C=O) groups is 1. The molecule has 0 saturated heterocycles. The van der Waals surface area contributed by atoms with E-state index in [1.807, 2.05) is 0 Å². The molecule has 0 radical (unpaired) electrons. The molecule has 1 rings (SSSR count). The maximum atomic E-state index is 11.4. The number of amides is 1. The third-order valence-electron chi connectivity index (χ3n) is 1.61. The molecule has 0 unspecified atom stereocenters. The number of aromatic hydroxyl groups is 1. The SMILES string of the molecule is [N-]=[N+]=NCCNC(=O)c1ccncc1O. The summed E-state index contributed by atoms with van der Waals surface area (Å²) in [5, 5.41) is 15.0. The van der Waals surface area contributed by atoms with E-state index in [2.05, 4.69) is 20.3 Å². The second kappa shape index (κ2) is 5.46. The Hall–Kier alpha value is -2.27. The van der Waals surface area contributed by atoms with Crippen molar-refractivity contribution in [3.8, 4) is 5.75 Å². The van der Waals surface area contributed by atoms with E-state index in [1.165, 1.54) is 18.5 Å². The van der Waals surface area contributed by atoms with Crippen LogP contribution in [0.5, 0.6) is 5.75 Å². The highest BCUT2D eigenvalue weighted by molar-refractivity contribution is 5.96. The summed E-state index contributed by atoms with van der Waals surface area (Å²) in [5.41, 5.74) is 8.13. The van der Waals surface area contributed by atoms with Crippen molar-refractivity contribution in [3.63, 3.8) is 0 Å². The highest BCUT2D eigenvalue weighted by atomic mass is 16.3. The van der Waals surface area contributed by atoms with Crippen LogP contribution in [0.2, 0.25) is 0 Å². The average Bonchev–Trinajstić information content (AvgIpc) is 2.25. The summed E-state index contributed by atoms with van der Waals surface area (Å²) in [6, 6.07) is 1.40. The van der Waals surface area contributed by atoms with Gasteiger partial charge in [-0.05, 0) is 11.6 Å². The van der Waals surface area contributed by atoms with E-state index in [4.69, 9.17) is 5.53 Å². The highest BCUT2D eigenvalue weighted by Gasteiger charge is 2.08. The fraction of sp³-hybridized carbons (Fsp3) is 0.250. The zero-order valence-corrected chi connectivity index (χ0v) is 7.79. The Labute approximate surface area is 85.4 Å². The maximum absolute atomic E-state index is 11.4. The maximum Gasteiger partial charge on any atom is 0.255 e. The van der Waals surface area contributed by atoms with Crippen molar-refractivity contribution in [2.24, 2.45) is 5.11 Å². The van der Waals surface area contributed by atoms with Gasteiger partial charge in [0.2, 0.25) is 0 Å². The van der Waals surface area contributed by atoms with E-state index in [-0.39, 0.29) is 24.4 Å². The Morgan fingerprint density at radius 3 is 3.20 bits per heavy atom. The lowest BCUT2D eigenvalue weighted by molar-refractivity contribution is 0.0952. The summed E-state index contributed by atoms with van der Waals surface area (Å²) in [5.74, 6) is -0.609. The standard InChI is InChI=1S/C8H9N5O2/c9-13-12-4-3-11-8(15)6-1-2-10-5-7(6)14/h1-2,5,14H,3-4H2,(H,11,15). The number of rotatable bonds is 4. The molecule has 0 saturated carbocycles. The number of pyridine rings is 1. The van der Waals surface area contributed by atoms with Crippen LogP contribution in [-0.2, 0) is 0 Å². The summed E-state index contributed by atoms with van der Waals surface area (Å²) >= 11 is 0. The number of nitrogens with zero attached hydrogens (tertiary/aromatic N) is 4. The van der Waals surface area contributed by atoms with Gasteiger partial charge in [0.05, 0.1) is 11.8 Å². The fourth-order valence-electron chi connectivity index (χ4n) is 0.938. The smallest absolute Gasteiger partial charge is 0.255 e. The highest BCUT2D eigenvalue weighted by Crippen LogP contribution is 2.12. The van der Waals surface area contributed by atoms with Crippen molar-refractivity contribution in [2.75, 3.05) is 13.1 Å². The molecule has 0 aliphatic heterocycles. The second-order valence-electron chi connectivity index (χ2n) is 2.60. The summed E-state index contributed by atoms with van der Waals surface area (Å²) in [7, 11) is 0. The quantitative estimate of drug-likeness (QED) is 0.330. The minimum Gasteiger partial charge on any atom is -0.505 e. The van der Waals surface area contributed by atoms with Gasteiger partial charge in [0.25, 0.3) is 5.91 Å². The van der Waals surface area contributed by atoms with Crippen LogP contribution in [0.1, 0.15) is 10.4 Å². The molecular formula is C8H9N5O2. The van der Waals surface area contributed by atoms with Crippen molar-refractivity contribution in [1.82, 2.24) is 10.3 Å². The number of aromatic nitrogens is 1. The summed E-state index contributed by atoms with van der Waals surface area (Å²) < 4.78 is 0. The minimum absolute atomic E-state index is 0.144. The third kappa shape index (κ3) is 3.17. The molecule has 0 fully saturated rings. The first kappa shape index (κ1) is 10.8. The van der Waals surface area contributed by atoms with E-state index in [9.17, 15) is 9.90 Å². The zero-order chi connectivity index (χ0) is 11.1. The van der Waals surface area contributed by atoms with Crippen LogP contribution in [0, 0.1) is 0 Å². The molecule has 0 aliphatic carbocycles. The topological polar surface area (TPSA) is 111 Å². The van der Waals surface area contributed by atoms with Crippen LogP contribution in [0.15, 0.2) is 23.6 Å². The molecule has 0 bridgehead atoms. The number of azide groups is 1. The Balaban J connectivity index is 2.54. The summed E-state index contributed by atoms with van der Waals surface area (Å²) in [4.78, 5) is 17.6. The van der Waals surface area contributed by atoms with Gasteiger partial charge in [0, 0.05) is 24.2 Å². The van der Waals surface area contributed by atoms with Crippen LogP contribution >= 0.6 is 0 Å². The van der Waals surface area contributed by atoms with Crippen LogP contribution < -0.4 is 5.32 Å².